The summed E-state index contributed by atoms with van der Waals surface area (Å²) in [7, 11) is 0. The minimum Gasteiger partial charge on any atom is -0.324 e. The number of hydrogen-bond acceptors (Lipinski definition) is 4. The van der Waals surface area contributed by atoms with E-state index >= 15 is 0 Å². The maximum absolute atomic E-state index is 6.04. The average Bonchev–Trinajstić information content (AvgIpc) is 2.32. The third kappa shape index (κ3) is 3.19. The molecular weight excluding hydrogens is 254 g/mol. The Bertz CT molecular complexity index is 517. The van der Waals surface area contributed by atoms with Crippen molar-refractivity contribution in [1.29, 1.82) is 0 Å². The number of nitrogens with zero attached hydrogens (tertiary/aromatic N) is 2. The largest absolute Gasteiger partial charge is 0.324 e. The highest BCUT2D eigenvalue weighted by atomic mass is 35.5. The first-order chi connectivity index (χ1) is 8.16. The van der Waals surface area contributed by atoms with E-state index in [0.29, 0.717) is 5.02 Å². The molecule has 0 aromatic carbocycles. The fourth-order valence-corrected chi connectivity index (χ4v) is 2.33. The first kappa shape index (κ1) is 12.4. The van der Waals surface area contributed by atoms with E-state index in [-0.39, 0.29) is 6.04 Å². The summed E-state index contributed by atoms with van der Waals surface area (Å²) in [6.45, 7) is 1.94. The molecule has 2 aromatic rings. The summed E-state index contributed by atoms with van der Waals surface area (Å²) in [5, 5.41) is 2.23. The Hall–Kier alpha value is -1.10. The van der Waals surface area contributed by atoms with E-state index in [0.717, 1.165) is 15.6 Å². The van der Waals surface area contributed by atoms with Crippen molar-refractivity contribution < 1.29 is 0 Å². The molecule has 1 atom stereocenters. The molecule has 0 saturated heterocycles. The number of aromatic nitrogens is 2. The van der Waals surface area contributed by atoms with Crippen LogP contribution in [-0.2, 0) is 0 Å². The van der Waals surface area contributed by atoms with Crippen LogP contribution in [0.2, 0.25) is 5.02 Å². The van der Waals surface area contributed by atoms with E-state index in [9.17, 15) is 0 Å². The van der Waals surface area contributed by atoms with Gasteiger partial charge in [0.15, 0.2) is 0 Å². The number of pyridine rings is 2. The Kier molecular flexibility index (Phi) is 3.99. The molecule has 3 nitrogen and oxygen atoms in total. The lowest BCUT2D eigenvalue weighted by atomic mass is 10.1. The van der Waals surface area contributed by atoms with Crippen LogP contribution >= 0.6 is 23.4 Å². The smallest absolute Gasteiger partial charge is 0.121 e. The van der Waals surface area contributed by atoms with Gasteiger partial charge < -0.3 is 5.73 Å². The Balaban J connectivity index is 2.25. The molecule has 88 valence electrons. The lowest BCUT2D eigenvalue weighted by Gasteiger charge is -2.07. The Morgan fingerprint density at radius 3 is 2.82 bits per heavy atom. The Labute approximate surface area is 109 Å². The van der Waals surface area contributed by atoms with Crippen molar-refractivity contribution >= 4 is 23.4 Å². The van der Waals surface area contributed by atoms with Gasteiger partial charge in [-0.2, -0.15) is 0 Å². The van der Waals surface area contributed by atoms with Gasteiger partial charge in [0.25, 0.3) is 0 Å². The number of rotatable bonds is 3. The molecule has 0 aliphatic carbocycles. The van der Waals surface area contributed by atoms with Crippen LogP contribution in [0.1, 0.15) is 18.5 Å². The van der Waals surface area contributed by atoms with Gasteiger partial charge in [0.2, 0.25) is 0 Å². The van der Waals surface area contributed by atoms with Crippen LogP contribution < -0.4 is 5.73 Å². The van der Waals surface area contributed by atoms with Crippen LogP contribution in [0.4, 0.5) is 0 Å². The van der Waals surface area contributed by atoms with E-state index < -0.39 is 0 Å². The number of hydrogen-bond donors (Lipinski definition) is 1. The van der Waals surface area contributed by atoms with Gasteiger partial charge in [-0.05, 0) is 48.5 Å². The molecule has 2 N–H and O–H groups in total. The van der Waals surface area contributed by atoms with Gasteiger partial charge in [-0.25, -0.2) is 9.97 Å². The maximum Gasteiger partial charge on any atom is 0.121 e. The summed E-state index contributed by atoms with van der Waals surface area (Å²) in [4.78, 5) is 8.47. The van der Waals surface area contributed by atoms with E-state index in [1.54, 1.807) is 18.5 Å². The molecule has 0 saturated carbocycles. The van der Waals surface area contributed by atoms with Gasteiger partial charge in [-0.1, -0.05) is 11.6 Å². The van der Waals surface area contributed by atoms with Crippen molar-refractivity contribution in [2.45, 2.75) is 23.0 Å². The summed E-state index contributed by atoms with van der Waals surface area (Å²) < 4.78 is 0. The van der Waals surface area contributed by atoms with Crippen LogP contribution in [0.5, 0.6) is 0 Å². The van der Waals surface area contributed by atoms with Gasteiger partial charge in [-0.3, -0.25) is 0 Å². The van der Waals surface area contributed by atoms with Gasteiger partial charge in [0.1, 0.15) is 10.1 Å². The van der Waals surface area contributed by atoms with Crippen molar-refractivity contribution in [3.05, 3.63) is 47.2 Å². The second-order valence-corrected chi connectivity index (χ2v) is 5.02. The summed E-state index contributed by atoms with van der Waals surface area (Å²) >= 11 is 7.48. The van der Waals surface area contributed by atoms with Crippen molar-refractivity contribution in [3.8, 4) is 0 Å². The fraction of sp³-hybridized carbons (Fsp3) is 0.167. The maximum atomic E-state index is 6.04. The van der Waals surface area contributed by atoms with Crippen LogP contribution in [0.25, 0.3) is 0 Å². The molecule has 0 amide bonds. The zero-order chi connectivity index (χ0) is 12.3. The van der Waals surface area contributed by atoms with Crippen molar-refractivity contribution in [1.82, 2.24) is 9.97 Å². The van der Waals surface area contributed by atoms with E-state index in [4.69, 9.17) is 17.3 Å². The molecular formula is C12H12ClN3S. The van der Waals surface area contributed by atoms with Crippen LogP contribution in [0.15, 0.2) is 46.7 Å². The van der Waals surface area contributed by atoms with Gasteiger partial charge >= 0.3 is 0 Å². The molecule has 0 bridgehead atoms. The summed E-state index contributed by atoms with van der Waals surface area (Å²) in [6, 6.07) is 7.48. The van der Waals surface area contributed by atoms with E-state index in [1.807, 2.05) is 25.1 Å². The molecule has 0 aliphatic rings. The predicted molar refractivity (Wildman–Crippen MR) is 70.2 cm³/mol. The SMILES string of the molecule is CC(N)c1ccnc(Sc2ncccc2Cl)c1. The highest BCUT2D eigenvalue weighted by Gasteiger charge is 2.06. The number of nitrogens with two attached hydrogens (primary N) is 1. The Morgan fingerprint density at radius 1 is 1.29 bits per heavy atom. The van der Waals surface area contributed by atoms with Gasteiger partial charge in [0.05, 0.1) is 5.02 Å². The first-order valence-electron chi connectivity index (χ1n) is 5.16. The molecule has 2 rings (SSSR count). The third-order valence-electron chi connectivity index (χ3n) is 2.21. The van der Waals surface area contributed by atoms with Crippen molar-refractivity contribution in [2.75, 3.05) is 0 Å². The van der Waals surface area contributed by atoms with E-state index in [1.165, 1.54) is 11.8 Å². The van der Waals surface area contributed by atoms with E-state index in [2.05, 4.69) is 9.97 Å². The topological polar surface area (TPSA) is 51.8 Å². The molecule has 1 unspecified atom stereocenters. The normalized spacial score (nSPS) is 12.4. The quantitative estimate of drug-likeness (QED) is 0.925. The lowest BCUT2D eigenvalue weighted by molar-refractivity contribution is 0.808. The van der Waals surface area contributed by atoms with Gasteiger partial charge in [0, 0.05) is 18.4 Å². The first-order valence-corrected chi connectivity index (χ1v) is 6.36. The molecule has 0 fully saturated rings. The minimum absolute atomic E-state index is 0.00319. The highest BCUT2D eigenvalue weighted by molar-refractivity contribution is 7.99. The second-order valence-electron chi connectivity index (χ2n) is 3.61. The second kappa shape index (κ2) is 5.49. The summed E-state index contributed by atoms with van der Waals surface area (Å²) in [5.74, 6) is 0. The monoisotopic (exact) mass is 265 g/mol. The highest BCUT2D eigenvalue weighted by Crippen LogP contribution is 2.30. The van der Waals surface area contributed by atoms with Crippen LogP contribution in [-0.4, -0.2) is 9.97 Å². The van der Waals surface area contributed by atoms with Gasteiger partial charge in [-0.15, -0.1) is 0 Å². The molecule has 2 heterocycles. The molecule has 0 spiro atoms. The number of halogens is 1. The standard InChI is InChI=1S/C12H12ClN3S/c1-8(14)9-4-6-15-11(7-9)17-12-10(13)3-2-5-16-12/h2-8H,14H2,1H3. The fourth-order valence-electron chi connectivity index (χ4n) is 1.31. The molecule has 5 heteroatoms. The minimum atomic E-state index is -0.00319. The molecule has 0 aliphatic heterocycles. The predicted octanol–water partition coefficient (Wildman–Crippen LogP) is 3.30. The zero-order valence-electron chi connectivity index (χ0n) is 9.30. The zero-order valence-corrected chi connectivity index (χ0v) is 10.9. The summed E-state index contributed by atoms with van der Waals surface area (Å²) in [6.07, 6.45) is 3.46. The lowest BCUT2D eigenvalue weighted by Crippen LogP contribution is -2.04. The molecule has 0 radical (unpaired) electrons. The Morgan fingerprint density at radius 2 is 2.12 bits per heavy atom. The van der Waals surface area contributed by atoms with Crippen LogP contribution in [0, 0.1) is 0 Å². The average molecular weight is 266 g/mol. The van der Waals surface area contributed by atoms with Crippen LogP contribution in [0.3, 0.4) is 0 Å². The molecule has 17 heavy (non-hydrogen) atoms. The van der Waals surface area contributed by atoms with Crippen molar-refractivity contribution in [3.63, 3.8) is 0 Å². The summed E-state index contributed by atoms with van der Waals surface area (Å²) in [5.41, 5.74) is 6.88. The molecule has 2 aromatic heterocycles. The third-order valence-corrected chi connectivity index (χ3v) is 3.58. The van der Waals surface area contributed by atoms with Crippen molar-refractivity contribution in [2.24, 2.45) is 5.73 Å².